The van der Waals surface area contributed by atoms with Gasteiger partial charge in [-0.05, 0) is 52.7 Å². The van der Waals surface area contributed by atoms with E-state index in [0.29, 0.717) is 5.75 Å². The smallest absolute Gasteiger partial charge is 0.114 e. The first-order chi connectivity index (χ1) is 10.5. The lowest BCUT2D eigenvalue weighted by atomic mass is 9.94. The number of allylic oxidation sites excluding steroid dienone is 1. The van der Waals surface area contributed by atoms with E-state index in [1.165, 1.54) is 37.0 Å². The lowest BCUT2D eigenvalue weighted by molar-refractivity contribution is 0.253. The second kappa shape index (κ2) is 8.30. The van der Waals surface area contributed by atoms with Crippen molar-refractivity contribution in [3.8, 4) is 0 Å². The van der Waals surface area contributed by atoms with Crippen molar-refractivity contribution in [2.45, 2.75) is 58.0 Å². The third-order valence-electron chi connectivity index (χ3n) is 4.26. The van der Waals surface area contributed by atoms with Crippen molar-refractivity contribution in [3.05, 3.63) is 22.3 Å². The fraction of sp³-hybridized carbons (Fsp3) is 0.722. The summed E-state index contributed by atoms with van der Waals surface area (Å²) in [5.41, 5.74) is 1.54. The van der Waals surface area contributed by atoms with Crippen molar-refractivity contribution in [3.63, 3.8) is 0 Å². The molecule has 2 aliphatic rings. The van der Waals surface area contributed by atoms with E-state index < -0.39 is 5.67 Å². The first-order valence-corrected chi connectivity index (χ1v) is 9.37. The van der Waals surface area contributed by atoms with Crippen LogP contribution in [0.15, 0.2) is 27.2 Å². The molecule has 0 amide bonds. The topological polar surface area (TPSA) is 15.6 Å². The van der Waals surface area contributed by atoms with Crippen LogP contribution >= 0.6 is 11.8 Å². The standard InChI is InChI=1S/C18H29FN2S/c1-18(2,19)14-22-17-10-12-21(13-16(17)20-3)11-9-15-7-5-4-6-8-15/h9H,3-8,10-14H2,1-2H3. The number of halogens is 1. The number of hydrogen-bond donors (Lipinski definition) is 0. The first-order valence-electron chi connectivity index (χ1n) is 8.38. The van der Waals surface area contributed by atoms with E-state index in [1.807, 2.05) is 0 Å². The quantitative estimate of drug-likeness (QED) is 0.506. The normalized spacial score (nSPS) is 21.1. The summed E-state index contributed by atoms with van der Waals surface area (Å²) in [7, 11) is 0. The maximum absolute atomic E-state index is 13.7. The summed E-state index contributed by atoms with van der Waals surface area (Å²) in [6.45, 7) is 9.87. The molecule has 1 aliphatic heterocycles. The largest absolute Gasteiger partial charge is 0.293 e. The molecule has 0 N–H and O–H groups in total. The molecule has 2 nitrogen and oxygen atoms in total. The van der Waals surface area contributed by atoms with E-state index in [2.05, 4.69) is 22.7 Å². The molecule has 1 heterocycles. The number of hydrogen-bond acceptors (Lipinski definition) is 3. The summed E-state index contributed by atoms with van der Waals surface area (Å²) in [6, 6.07) is 0. The molecule has 0 unspecified atom stereocenters. The Bertz CT molecular complexity index is 440. The van der Waals surface area contributed by atoms with Crippen molar-refractivity contribution >= 4 is 18.5 Å². The lowest BCUT2D eigenvalue weighted by Crippen LogP contribution is -2.31. The molecule has 0 spiro atoms. The zero-order valence-electron chi connectivity index (χ0n) is 14.0. The van der Waals surface area contributed by atoms with Gasteiger partial charge in [-0.3, -0.25) is 9.89 Å². The van der Waals surface area contributed by atoms with E-state index >= 15 is 0 Å². The minimum atomic E-state index is -1.13. The summed E-state index contributed by atoms with van der Waals surface area (Å²) in [5.74, 6) is 0.491. The molecule has 4 heteroatoms. The number of nitrogens with zero attached hydrogens (tertiary/aromatic N) is 2. The molecule has 0 saturated heterocycles. The van der Waals surface area contributed by atoms with E-state index in [-0.39, 0.29) is 0 Å². The molecule has 22 heavy (non-hydrogen) atoms. The maximum Gasteiger partial charge on any atom is 0.114 e. The van der Waals surface area contributed by atoms with Gasteiger partial charge in [0.15, 0.2) is 0 Å². The Morgan fingerprint density at radius 2 is 2.00 bits per heavy atom. The number of aliphatic imine (C=N–C) groups is 1. The van der Waals surface area contributed by atoms with Crippen molar-refractivity contribution in [1.82, 2.24) is 4.90 Å². The van der Waals surface area contributed by atoms with Crippen molar-refractivity contribution in [2.75, 3.05) is 25.4 Å². The van der Waals surface area contributed by atoms with Gasteiger partial charge in [-0.25, -0.2) is 4.39 Å². The minimum Gasteiger partial charge on any atom is -0.293 e. The molecular formula is C18H29FN2S. The fourth-order valence-corrected chi connectivity index (χ4v) is 4.01. The number of thioether (sulfide) groups is 1. The Morgan fingerprint density at radius 3 is 2.64 bits per heavy atom. The highest BCUT2D eigenvalue weighted by Crippen LogP contribution is 2.32. The summed E-state index contributed by atoms with van der Waals surface area (Å²) >= 11 is 1.61. The third kappa shape index (κ3) is 5.88. The van der Waals surface area contributed by atoms with Gasteiger partial charge in [-0.1, -0.05) is 18.1 Å². The number of rotatable bonds is 6. The first kappa shape index (κ1) is 17.7. The van der Waals surface area contributed by atoms with Crippen LogP contribution in [-0.2, 0) is 0 Å². The van der Waals surface area contributed by atoms with Gasteiger partial charge < -0.3 is 0 Å². The van der Waals surface area contributed by atoms with Gasteiger partial charge in [0, 0.05) is 30.3 Å². The average Bonchev–Trinajstić information content (AvgIpc) is 2.51. The molecular weight excluding hydrogens is 295 g/mol. The summed E-state index contributed by atoms with van der Waals surface area (Å²) in [4.78, 5) is 7.85. The molecule has 0 radical (unpaired) electrons. The Balaban J connectivity index is 1.88. The van der Waals surface area contributed by atoms with Crippen LogP contribution in [-0.4, -0.2) is 42.7 Å². The monoisotopic (exact) mass is 324 g/mol. The SMILES string of the molecule is C=NC1=C(SCC(C)(C)F)CCN(CC=C2CCCCC2)C1. The third-order valence-corrected chi connectivity index (χ3v) is 5.88. The Labute approximate surface area is 138 Å². The molecule has 0 aromatic carbocycles. The second-order valence-electron chi connectivity index (χ2n) is 6.94. The van der Waals surface area contributed by atoms with E-state index in [4.69, 9.17) is 0 Å². The van der Waals surface area contributed by atoms with E-state index in [9.17, 15) is 4.39 Å². The van der Waals surface area contributed by atoms with Crippen molar-refractivity contribution < 1.29 is 4.39 Å². The molecule has 2 rings (SSSR count). The maximum atomic E-state index is 13.7. The molecule has 0 aromatic heterocycles. The van der Waals surface area contributed by atoms with Crippen LogP contribution in [0.4, 0.5) is 4.39 Å². The van der Waals surface area contributed by atoms with Gasteiger partial charge in [-0.15, -0.1) is 11.8 Å². The van der Waals surface area contributed by atoms with Gasteiger partial charge in [-0.2, -0.15) is 0 Å². The molecule has 0 atom stereocenters. The molecule has 0 aromatic rings. The van der Waals surface area contributed by atoms with Crippen LogP contribution in [0.25, 0.3) is 0 Å². The predicted molar refractivity (Wildman–Crippen MR) is 96.4 cm³/mol. The van der Waals surface area contributed by atoms with Gasteiger partial charge >= 0.3 is 0 Å². The van der Waals surface area contributed by atoms with Crippen molar-refractivity contribution in [2.24, 2.45) is 4.99 Å². The summed E-state index contributed by atoms with van der Waals surface area (Å²) < 4.78 is 13.7. The summed E-state index contributed by atoms with van der Waals surface area (Å²) in [6.07, 6.45) is 10.0. The molecule has 1 fully saturated rings. The van der Waals surface area contributed by atoms with Crippen LogP contribution < -0.4 is 0 Å². The van der Waals surface area contributed by atoms with Gasteiger partial charge in [0.05, 0.1) is 5.70 Å². The highest BCUT2D eigenvalue weighted by molar-refractivity contribution is 8.03. The Morgan fingerprint density at radius 1 is 1.27 bits per heavy atom. The van der Waals surface area contributed by atoms with Gasteiger partial charge in [0.25, 0.3) is 0 Å². The number of alkyl halides is 1. The second-order valence-corrected chi connectivity index (χ2v) is 8.01. The summed E-state index contributed by atoms with van der Waals surface area (Å²) in [5, 5.41) is 0. The predicted octanol–water partition coefficient (Wildman–Crippen LogP) is 4.98. The van der Waals surface area contributed by atoms with Crippen LogP contribution in [0.1, 0.15) is 52.4 Å². The van der Waals surface area contributed by atoms with Gasteiger partial charge in [0.1, 0.15) is 5.67 Å². The van der Waals surface area contributed by atoms with Crippen molar-refractivity contribution in [1.29, 1.82) is 0 Å². The van der Waals surface area contributed by atoms with Gasteiger partial charge in [0.2, 0.25) is 0 Å². The Hall–Kier alpha value is -0.610. The molecule has 1 saturated carbocycles. The molecule has 1 aliphatic carbocycles. The zero-order chi connectivity index (χ0) is 16.0. The molecule has 0 bridgehead atoms. The van der Waals surface area contributed by atoms with Crippen LogP contribution in [0.5, 0.6) is 0 Å². The van der Waals surface area contributed by atoms with E-state index in [1.54, 1.807) is 31.2 Å². The molecule has 124 valence electrons. The Kier molecular flexibility index (Phi) is 6.69. The lowest BCUT2D eigenvalue weighted by Gasteiger charge is -2.29. The highest BCUT2D eigenvalue weighted by atomic mass is 32.2. The van der Waals surface area contributed by atoms with E-state index in [0.717, 1.165) is 31.8 Å². The van der Waals surface area contributed by atoms with Crippen LogP contribution in [0.3, 0.4) is 0 Å². The van der Waals surface area contributed by atoms with Crippen LogP contribution in [0.2, 0.25) is 0 Å². The highest BCUT2D eigenvalue weighted by Gasteiger charge is 2.22. The van der Waals surface area contributed by atoms with Crippen LogP contribution in [0, 0.1) is 0 Å². The average molecular weight is 325 g/mol. The fourth-order valence-electron chi connectivity index (χ4n) is 2.96. The zero-order valence-corrected chi connectivity index (χ0v) is 14.9. The minimum absolute atomic E-state index is 0.491.